The number of carbonyl (C=O) groups is 1. The maximum Gasteiger partial charge on any atom is 0.220 e. The Kier molecular flexibility index (Phi) is 6.71. The fourth-order valence-electron chi connectivity index (χ4n) is 4.43. The third-order valence-electron chi connectivity index (χ3n) is 5.93. The van der Waals surface area contributed by atoms with Gasteiger partial charge in [-0.1, -0.05) is 25.3 Å². The molecule has 6 nitrogen and oxygen atoms in total. The predicted octanol–water partition coefficient (Wildman–Crippen LogP) is 2.61. The minimum atomic E-state index is 0.00810. The van der Waals surface area contributed by atoms with Crippen LogP contribution in [-0.4, -0.2) is 42.7 Å². The van der Waals surface area contributed by atoms with E-state index in [0.717, 1.165) is 37.3 Å². The molecule has 0 radical (unpaired) electrons. The van der Waals surface area contributed by atoms with Gasteiger partial charge in [-0.15, -0.1) is 0 Å². The molecule has 0 spiro atoms. The van der Waals surface area contributed by atoms with Gasteiger partial charge in [0.15, 0.2) is 0 Å². The highest BCUT2D eigenvalue weighted by Gasteiger charge is 2.32. The van der Waals surface area contributed by atoms with Crippen LogP contribution in [0.2, 0.25) is 0 Å². The lowest BCUT2D eigenvalue weighted by molar-refractivity contribution is -0.124. The maximum atomic E-state index is 12.4. The Labute approximate surface area is 162 Å². The van der Waals surface area contributed by atoms with Gasteiger partial charge in [-0.3, -0.25) is 4.79 Å². The third-order valence-corrected chi connectivity index (χ3v) is 5.93. The normalized spacial score (nSPS) is 25.2. The summed E-state index contributed by atoms with van der Waals surface area (Å²) < 4.78 is 5.78. The second-order valence-electron chi connectivity index (χ2n) is 8.41. The maximum absolute atomic E-state index is 12.4. The summed E-state index contributed by atoms with van der Waals surface area (Å²) in [6, 6.07) is 4.08. The van der Waals surface area contributed by atoms with E-state index in [-0.39, 0.29) is 23.5 Å². The zero-order chi connectivity index (χ0) is 19.3. The zero-order valence-corrected chi connectivity index (χ0v) is 16.7. The Bertz CT molecular complexity index is 603. The van der Waals surface area contributed by atoms with Gasteiger partial charge < -0.3 is 20.7 Å². The Hall–Kier alpha value is -1.66. The van der Waals surface area contributed by atoms with Crippen LogP contribution >= 0.6 is 0 Å². The second-order valence-corrected chi connectivity index (χ2v) is 8.41. The van der Waals surface area contributed by atoms with Crippen LogP contribution in [0.1, 0.15) is 57.9 Å². The number of carbonyl (C=O) groups excluding carboxylic acids is 1. The second kappa shape index (κ2) is 9.02. The average Bonchev–Trinajstić information content (AvgIpc) is 2.67. The molecule has 0 bridgehead atoms. The number of hydrogen-bond acceptors (Lipinski definition) is 5. The molecule has 3 N–H and O–H groups in total. The van der Waals surface area contributed by atoms with Crippen molar-refractivity contribution in [1.29, 1.82) is 0 Å². The van der Waals surface area contributed by atoms with Crippen molar-refractivity contribution in [3.05, 3.63) is 23.9 Å². The van der Waals surface area contributed by atoms with E-state index in [0.29, 0.717) is 19.5 Å². The van der Waals surface area contributed by atoms with Crippen LogP contribution in [0.4, 0.5) is 5.82 Å². The smallest absolute Gasteiger partial charge is 0.220 e. The van der Waals surface area contributed by atoms with Gasteiger partial charge in [-0.05, 0) is 50.3 Å². The molecule has 2 fully saturated rings. The van der Waals surface area contributed by atoms with E-state index in [1.54, 1.807) is 0 Å². The number of hydrogen-bond donors (Lipinski definition) is 2. The van der Waals surface area contributed by atoms with E-state index < -0.39 is 0 Å². The first kappa shape index (κ1) is 20.1. The summed E-state index contributed by atoms with van der Waals surface area (Å²) >= 11 is 0. The highest BCUT2D eigenvalue weighted by Crippen LogP contribution is 2.38. The minimum Gasteiger partial charge on any atom is -0.372 e. The summed E-state index contributed by atoms with van der Waals surface area (Å²) in [5, 5.41) is 3.05. The van der Waals surface area contributed by atoms with Crippen LogP contribution in [0.15, 0.2) is 18.3 Å². The number of pyridine rings is 1. The quantitative estimate of drug-likeness (QED) is 0.800. The standard InChI is InChI=1S/C21H34N4O2/c1-16-13-25(14-17(2)27-16)19-7-6-18(11-23-19)12-24-20(26)10-21(15-22)8-4-3-5-9-21/h6-7,11,16-17H,3-5,8-10,12-15,22H2,1-2H3,(H,24,26). The van der Waals surface area contributed by atoms with Crippen molar-refractivity contribution in [2.75, 3.05) is 24.5 Å². The number of rotatable bonds is 6. The van der Waals surface area contributed by atoms with E-state index in [1.165, 1.54) is 19.3 Å². The first-order valence-electron chi connectivity index (χ1n) is 10.3. The van der Waals surface area contributed by atoms with Crippen LogP contribution in [0.25, 0.3) is 0 Å². The lowest BCUT2D eigenvalue weighted by atomic mass is 9.71. The van der Waals surface area contributed by atoms with Gasteiger partial charge in [0.1, 0.15) is 5.82 Å². The number of nitrogens with zero attached hydrogens (tertiary/aromatic N) is 2. The molecule has 2 aliphatic rings. The van der Waals surface area contributed by atoms with E-state index >= 15 is 0 Å². The van der Waals surface area contributed by atoms with E-state index in [1.807, 2.05) is 18.3 Å². The molecule has 1 amide bonds. The molecular formula is C21H34N4O2. The van der Waals surface area contributed by atoms with Gasteiger partial charge in [0, 0.05) is 32.3 Å². The van der Waals surface area contributed by atoms with Crippen molar-refractivity contribution in [1.82, 2.24) is 10.3 Å². The molecule has 1 saturated carbocycles. The number of ether oxygens (including phenoxy) is 1. The molecule has 1 aromatic rings. The highest BCUT2D eigenvalue weighted by atomic mass is 16.5. The summed E-state index contributed by atoms with van der Waals surface area (Å²) in [6.45, 7) is 7.01. The summed E-state index contributed by atoms with van der Waals surface area (Å²) in [7, 11) is 0. The van der Waals surface area contributed by atoms with Crippen molar-refractivity contribution < 1.29 is 9.53 Å². The van der Waals surface area contributed by atoms with E-state index in [2.05, 4.69) is 29.0 Å². The fraction of sp³-hybridized carbons (Fsp3) is 0.714. The van der Waals surface area contributed by atoms with Crippen molar-refractivity contribution in [2.45, 2.75) is 71.1 Å². The Morgan fingerprint density at radius 3 is 2.56 bits per heavy atom. The fourth-order valence-corrected chi connectivity index (χ4v) is 4.43. The van der Waals surface area contributed by atoms with E-state index in [9.17, 15) is 4.79 Å². The molecule has 0 aromatic carbocycles. The van der Waals surface area contributed by atoms with E-state index in [4.69, 9.17) is 10.5 Å². The number of anilines is 1. The third kappa shape index (κ3) is 5.42. The molecule has 1 saturated heterocycles. The van der Waals surface area contributed by atoms with Crippen LogP contribution in [0.5, 0.6) is 0 Å². The number of nitrogens with two attached hydrogens (primary N) is 1. The lowest BCUT2D eigenvalue weighted by Crippen LogP contribution is -2.45. The molecule has 2 atom stereocenters. The monoisotopic (exact) mass is 374 g/mol. The van der Waals surface area contributed by atoms with Crippen molar-refractivity contribution >= 4 is 11.7 Å². The highest BCUT2D eigenvalue weighted by molar-refractivity contribution is 5.76. The largest absolute Gasteiger partial charge is 0.372 e. The summed E-state index contributed by atoms with van der Waals surface area (Å²) in [5.41, 5.74) is 7.03. The van der Waals surface area contributed by atoms with Gasteiger partial charge in [-0.2, -0.15) is 0 Å². The molecule has 1 aliphatic heterocycles. The van der Waals surface area contributed by atoms with Crippen LogP contribution in [-0.2, 0) is 16.1 Å². The Morgan fingerprint density at radius 1 is 1.26 bits per heavy atom. The predicted molar refractivity (Wildman–Crippen MR) is 107 cm³/mol. The Morgan fingerprint density at radius 2 is 1.96 bits per heavy atom. The van der Waals surface area contributed by atoms with Gasteiger partial charge in [0.05, 0.1) is 12.2 Å². The van der Waals surface area contributed by atoms with Gasteiger partial charge in [-0.25, -0.2) is 4.98 Å². The summed E-state index contributed by atoms with van der Waals surface area (Å²) in [6.07, 6.45) is 8.62. The summed E-state index contributed by atoms with van der Waals surface area (Å²) in [5.74, 6) is 1.07. The van der Waals surface area contributed by atoms with Gasteiger partial charge in [0.25, 0.3) is 0 Å². The first-order chi connectivity index (χ1) is 13.0. The van der Waals surface area contributed by atoms with Crippen LogP contribution in [0, 0.1) is 5.41 Å². The molecule has 2 heterocycles. The van der Waals surface area contributed by atoms with Crippen molar-refractivity contribution in [3.63, 3.8) is 0 Å². The molecule has 1 aliphatic carbocycles. The molecule has 27 heavy (non-hydrogen) atoms. The zero-order valence-electron chi connectivity index (χ0n) is 16.7. The topological polar surface area (TPSA) is 80.5 Å². The lowest BCUT2D eigenvalue weighted by Gasteiger charge is -2.36. The van der Waals surface area contributed by atoms with Gasteiger partial charge >= 0.3 is 0 Å². The number of aromatic nitrogens is 1. The van der Waals surface area contributed by atoms with Gasteiger partial charge in [0.2, 0.25) is 5.91 Å². The molecular weight excluding hydrogens is 340 g/mol. The SMILES string of the molecule is CC1CN(c2ccc(CNC(=O)CC3(CN)CCCCC3)cn2)CC(C)O1. The molecule has 3 rings (SSSR count). The Balaban J connectivity index is 1.50. The van der Waals surface area contributed by atoms with Crippen molar-refractivity contribution in [2.24, 2.45) is 11.1 Å². The minimum absolute atomic E-state index is 0.00810. The molecule has 1 aromatic heterocycles. The molecule has 6 heteroatoms. The van der Waals surface area contributed by atoms with Crippen molar-refractivity contribution in [3.8, 4) is 0 Å². The number of nitrogens with one attached hydrogen (secondary N) is 1. The first-order valence-corrected chi connectivity index (χ1v) is 10.3. The molecule has 2 unspecified atom stereocenters. The average molecular weight is 375 g/mol. The van der Waals surface area contributed by atoms with Crippen LogP contribution in [0.3, 0.4) is 0 Å². The number of amides is 1. The van der Waals surface area contributed by atoms with Crippen LogP contribution < -0.4 is 16.0 Å². The molecule has 150 valence electrons. The number of morpholine rings is 1. The summed E-state index contributed by atoms with van der Waals surface area (Å²) in [4.78, 5) is 19.3.